The van der Waals surface area contributed by atoms with Crippen molar-refractivity contribution in [1.82, 2.24) is 5.32 Å². The Hall–Kier alpha value is -1.17. The van der Waals surface area contributed by atoms with Crippen molar-refractivity contribution in [3.63, 3.8) is 0 Å². The molecular weight excluding hydrogens is 727 g/mol. The lowest BCUT2D eigenvalue weighted by Gasteiger charge is -2.21. The lowest BCUT2D eigenvalue weighted by molar-refractivity contribution is -0.124. The fourth-order valence-electron chi connectivity index (χ4n) is 8.40. The predicted octanol–water partition coefficient (Wildman–Crippen LogP) is 16.1. The molecule has 0 saturated heterocycles. The Morgan fingerprint density at radius 3 is 1.03 bits per heavy atom. The van der Waals surface area contributed by atoms with Gasteiger partial charge in [0, 0.05) is 0 Å². The minimum absolute atomic E-state index is 0.0161. The zero-order valence-corrected chi connectivity index (χ0v) is 39.9. The zero-order chi connectivity index (χ0) is 43.0. The third kappa shape index (κ3) is 46.2. The molecule has 0 aliphatic carbocycles. The summed E-state index contributed by atoms with van der Waals surface area (Å²) >= 11 is 0. The molecule has 0 saturated carbocycles. The Morgan fingerprint density at radius 2 is 0.712 bits per heavy atom. The molecule has 3 unspecified atom stereocenters. The molecule has 0 aromatic rings. The number of nitrogens with one attached hydrogen (secondary N) is 1. The molecule has 0 aliphatic heterocycles. The first-order valence-electron chi connectivity index (χ1n) is 26.6. The number of carbonyl (C=O) groups is 1. The Bertz CT molecular complexity index is 874. The van der Waals surface area contributed by atoms with Gasteiger partial charge < -0.3 is 20.6 Å². The summed E-state index contributed by atoms with van der Waals surface area (Å²) in [6.07, 6.45) is 62.5. The number of amides is 1. The average molecular weight is 832 g/mol. The maximum atomic E-state index is 12.4. The van der Waals surface area contributed by atoms with Crippen molar-refractivity contribution in [3.05, 3.63) is 24.3 Å². The van der Waals surface area contributed by atoms with Gasteiger partial charge in [0.05, 0.1) is 31.3 Å². The standard InChI is InChI=1S/C54H105NO4/c1-3-5-7-9-11-13-14-15-16-17-18-19-20-21-22-23-24-25-26-27-28-29-30-31-32-33-34-35-36-37-38-40-41-43-45-47-51(57)49-54(59)55-52(50-56)53(58)48-46-44-42-39-12-10-8-6-4-2/h25-26,46,48,51-53,56-58H,3-24,27-45,47,49-50H2,1-2H3,(H,55,59)/b26-25-,48-46+. The molecule has 1 amide bonds. The van der Waals surface area contributed by atoms with E-state index in [1.165, 1.54) is 238 Å². The SMILES string of the molecule is CCCCCCCCC/C=C/C(O)C(CO)NC(=O)CC(O)CCCCCCCCCCCCCCCCC/C=C\CCCCCCCCCCCCCCCCCC. The van der Waals surface area contributed by atoms with Crippen molar-refractivity contribution in [2.75, 3.05) is 6.61 Å². The molecule has 5 nitrogen and oxygen atoms in total. The van der Waals surface area contributed by atoms with Crippen LogP contribution in [0, 0.1) is 0 Å². The number of rotatable bonds is 49. The van der Waals surface area contributed by atoms with Gasteiger partial charge in [-0.05, 0) is 44.9 Å². The van der Waals surface area contributed by atoms with Gasteiger partial charge in [-0.3, -0.25) is 4.79 Å². The van der Waals surface area contributed by atoms with Gasteiger partial charge in [-0.25, -0.2) is 0 Å². The maximum Gasteiger partial charge on any atom is 0.222 e. The summed E-state index contributed by atoms with van der Waals surface area (Å²) in [5, 5.41) is 33.1. The van der Waals surface area contributed by atoms with E-state index in [2.05, 4.69) is 31.3 Å². The quantitative estimate of drug-likeness (QED) is 0.0363. The van der Waals surface area contributed by atoms with Gasteiger partial charge in [-0.1, -0.05) is 263 Å². The molecule has 0 aromatic heterocycles. The fourth-order valence-corrected chi connectivity index (χ4v) is 8.40. The topological polar surface area (TPSA) is 89.8 Å². The second-order valence-electron chi connectivity index (χ2n) is 18.5. The molecule has 0 fully saturated rings. The Labute approximate surface area is 369 Å². The Morgan fingerprint density at radius 1 is 0.424 bits per heavy atom. The fraction of sp³-hybridized carbons (Fsp3) is 0.907. The van der Waals surface area contributed by atoms with Gasteiger partial charge >= 0.3 is 0 Å². The molecule has 0 rings (SSSR count). The lowest BCUT2D eigenvalue weighted by Crippen LogP contribution is -2.45. The molecule has 0 aliphatic rings. The first-order valence-corrected chi connectivity index (χ1v) is 26.6. The normalized spacial score (nSPS) is 13.5. The second kappa shape index (κ2) is 49.5. The number of aliphatic hydroxyl groups is 3. The number of unbranched alkanes of at least 4 members (excludes halogenated alkanes) is 38. The molecule has 5 heteroatoms. The second-order valence-corrected chi connectivity index (χ2v) is 18.5. The highest BCUT2D eigenvalue weighted by molar-refractivity contribution is 5.76. The maximum absolute atomic E-state index is 12.4. The number of allylic oxidation sites excluding steroid dienone is 3. The van der Waals surface area contributed by atoms with Crippen LogP contribution in [0.25, 0.3) is 0 Å². The number of carbonyl (C=O) groups excluding carboxylic acids is 1. The average Bonchev–Trinajstić information content (AvgIpc) is 3.23. The first kappa shape index (κ1) is 57.8. The van der Waals surface area contributed by atoms with Crippen molar-refractivity contribution in [2.24, 2.45) is 0 Å². The van der Waals surface area contributed by atoms with Crippen LogP contribution in [0.15, 0.2) is 24.3 Å². The highest BCUT2D eigenvalue weighted by Crippen LogP contribution is 2.17. The van der Waals surface area contributed by atoms with Crippen LogP contribution in [-0.2, 0) is 4.79 Å². The van der Waals surface area contributed by atoms with E-state index in [1.807, 2.05) is 6.08 Å². The largest absolute Gasteiger partial charge is 0.394 e. The van der Waals surface area contributed by atoms with Gasteiger partial charge in [-0.15, -0.1) is 0 Å². The van der Waals surface area contributed by atoms with Gasteiger partial charge in [0.2, 0.25) is 5.91 Å². The van der Waals surface area contributed by atoms with Gasteiger partial charge in [0.1, 0.15) is 0 Å². The van der Waals surface area contributed by atoms with Crippen LogP contribution in [0.3, 0.4) is 0 Å². The van der Waals surface area contributed by atoms with E-state index in [0.717, 1.165) is 25.7 Å². The van der Waals surface area contributed by atoms with Crippen LogP contribution in [0.4, 0.5) is 0 Å². The molecule has 0 bridgehead atoms. The highest BCUT2D eigenvalue weighted by atomic mass is 16.3. The predicted molar refractivity (Wildman–Crippen MR) is 259 cm³/mol. The lowest BCUT2D eigenvalue weighted by atomic mass is 10.0. The van der Waals surface area contributed by atoms with Crippen LogP contribution < -0.4 is 5.32 Å². The molecule has 350 valence electrons. The molecule has 0 radical (unpaired) electrons. The summed E-state index contributed by atoms with van der Waals surface area (Å²) in [5.74, 6) is -0.315. The summed E-state index contributed by atoms with van der Waals surface area (Å²) in [6.45, 7) is 4.20. The number of hydrogen-bond acceptors (Lipinski definition) is 4. The zero-order valence-electron chi connectivity index (χ0n) is 39.9. The van der Waals surface area contributed by atoms with Crippen LogP contribution in [0.5, 0.6) is 0 Å². The van der Waals surface area contributed by atoms with Crippen molar-refractivity contribution >= 4 is 5.91 Å². The minimum Gasteiger partial charge on any atom is -0.394 e. The van der Waals surface area contributed by atoms with Crippen LogP contribution in [0.2, 0.25) is 0 Å². The summed E-state index contributed by atoms with van der Waals surface area (Å²) in [4.78, 5) is 12.4. The van der Waals surface area contributed by atoms with E-state index in [4.69, 9.17) is 0 Å². The Balaban J connectivity index is 3.43. The first-order chi connectivity index (χ1) is 29.0. The summed E-state index contributed by atoms with van der Waals surface area (Å²) in [5.41, 5.74) is 0. The van der Waals surface area contributed by atoms with Crippen LogP contribution in [0.1, 0.15) is 290 Å². The molecule has 0 aromatic carbocycles. The van der Waals surface area contributed by atoms with E-state index in [1.54, 1.807) is 6.08 Å². The van der Waals surface area contributed by atoms with Crippen LogP contribution >= 0.6 is 0 Å². The Kier molecular flexibility index (Phi) is 48.5. The summed E-state index contributed by atoms with van der Waals surface area (Å²) in [7, 11) is 0. The molecule has 0 spiro atoms. The third-order valence-corrected chi connectivity index (χ3v) is 12.5. The number of aliphatic hydroxyl groups excluding tert-OH is 3. The molecule has 3 atom stereocenters. The van der Waals surface area contributed by atoms with Crippen LogP contribution in [-0.4, -0.2) is 46.1 Å². The summed E-state index contributed by atoms with van der Waals surface area (Å²) < 4.78 is 0. The van der Waals surface area contributed by atoms with E-state index in [9.17, 15) is 20.1 Å². The smallest absolute Gasteiger partial charge is 0.222 e. The number of hydrogen-bond donors (Lipinski definition) is 4. The van der Waals surface area contributed by atoms with E-state index in [-0.39, 0.29) is 18.9 Å². The third-order valence-electron chi connectivity index (χ3n) is 12.5. The van der Waals surface area contributed by atoms with Crippen molar-refractivity contribution in [1.29, 1.82) is 0 Å². The molecule has 59 heavy (non-hydrogen) atoms. The van der Waals surface area contributed by atoms with Crippen molar-refractivity contribution < 1.29 is 20.1 Å². The van der Waals surface area contributed by atoms with Crippen molar-refractivity contribution in [2.45, 2.75) is 308 Å². The molecular formula is C54H105NO4. The van der Waals surface area contributed by atoms with E-state index >= 15 is 0 Å². The van der Waals surface area contributed by atoms with Gasteiger partial charge in [0.15, 0.2) is 0 Å². The van der Waals surface area contributed by atoms with Gasteiger partial charge in [0.25, 0.3) is 0 Å². The van der Waals surface area contributed by atoms with E-state index in [0.29, 0.717) is 6.42 Å². The monoisotopic (exact) mass is 832 g/mol. The van der Waals surface area contributed by atoms with Gasteiger partial charge in [-0.2, -0.15) is 0 Å². The molecule has 0 heterocycles. The minimum atomic E-state index is -0.924. The van der Waals surface area contributed by atoms with Crippen molar-refractivity contribution in [3.8, 4) is 0 Å². The molecule has 4 N–H and O–H groups in total. The summed E-state index contributed by atoms with van der Waals surface area (Å²) in [6, 6.07) is -0.740. The van der Waals surface area contributed by atoms with E-state index < -0.39 is 18.2 Å². The highest BCUT2D eigenvalue weighted by Gasteiger charge is 2.20.